The molecule has 2 aliphatic rings. The average Bonchev–Trinajstić information content (AvgIpc) is 3.33. The van der Waals surface area contributed by atoms with Gasteiger partial charge in [0.25, 0.3) is 0 Å². The van der Waals surface area contributed by atoms with Gasteiger partial charge in [-0.2, -0.15) is 13.2 Å². The van der Waals surface area contributed by atoms with Crippen LogP contribution in [0.1, 0.15) is 30.9 Å². The zero-order valence-corrected chi connectivity index (χ0v) is 21.6. The minimum atomic E-state index is -4.50. The molecule has 0 spiro atoms. The summed E-state index contributed by atoms with van der Waals surface area (Å²) in [6.45, 7) is 0.300. The maximum absolute atomic E-state index is 14.8. The van der Waals surface area contributed by atoms with Crippen molar-refractivity contribution in [2.24, 2.45) is 7.05 Å². The monoisotopic (exact) mass is 561 g/mol. The van der Waals surface area contributed by atoms with E-state index in [0.29, 0.717) is 34.1 Å². The molecule has 5 nitrogen and oxygen atoms in total. The Morgan fingerprint density at radius 2 is 1.88 bits per heavy atom. The highest BCUT2D eigenvalue weighted by Gasteiger charge is 2.46. The second-order valence-corrected chi connectivity index (χ2v) is 10.3. The highest BCUT2D eigenvalue weighted by atomic mass is 19.4. The summed E-state index contributed by atoms with van der Waals surface area (Å²) >= 11 is 0. The molecule has 0 N–H and O–H groups in total. The average molecular weight is 562 g/mol. The van der Waals surface area contributed by atoms with Gasteiger partial charge in [0.05, 0.1) is 18.3 Å². The number of fused-ring (bicyclic) bond motifs is 1. The van der Waals surface area contributed by atoms with E-state index in [-0.39, 0.29) is 30.7 Å². The molecule has 11 heteroatoms. The number of amides is 1. The first-order valence-corrected chi connectivity index (χ1v) is 12.5. The van der Waals surface area contributed by atoms with Crippen molar-refractivity contribution in [3.8, 4) is 16.9 Å². The fraction of sp³-hybridized carbons (Fsp3) is 0.310. The Morgan fingerprint density at radius 3 is 2.58 bits per heavy atom. The summed E-state index contributed by atoms with van der Waals surface area (Å²) in [6, 6.07) is 11.3. The first kappa shape index (κ1) is 27.5. The summed E-state index contributed by atoms with van der Waals surface area (Å²) < 4.78 is 87.7. The Kier molecular flexibility index (Phi) is 7.01. The molecular formula is C29H25F6N3O2. The highest BCUT2D eigenvalue weighted by molar-refractivity contribution is 6.02. The van der Waals surface area contributed by atoms with Gasteiger partial charge >= 0.3 is 6.18 Å². The maximum Gasteiger partial charge on any atom is 0.422 e. The van der Waals surface area contributed by atoms with Crippen molar-refractivity contribution >= 4 is 11.7 Å². The summed E-state index contributed by atoms with van der Waals surface area (Å²) in [5, 5.41) is 0. The van der Waals surface area contributed by atoms with Crippen LogP contribution in [0, 0.1) is 0 Å². The molecule has 1 aromatic heterocycles. The van der Waals surface area contributed by atoms with Crippen LogP contribution in [0.25, 0.3) is 11.1 Å². The summed E-state index contributed by atoms with van der Waals surface area (Å²) in [7, 11) is 1.75. The van der Waals surface area contributed by atoms with Crippen molar-refractivity contribution in [3.63, 3.8) is 0 Å². The van der Waals surface area contributed by atoms with Crippen LogP contribution in [-0.2, 0) is 23.8 Å². The fourth-order valence-electron chi connectivity index (χ4n) is 5.25. The smallest absolute Gasteiger partial charge is 0.422 e. The molecule has 0 saturated heterocycles. The Hall–Kier alpha value is -4.02. The molecule has 2 unspecified atom stereocenters. The molecule has 210 valence electrons. The Balaban J connectivity index is 1.58. The van der Waals surface area contributed by atoms with Crippen molar-refractivity contribution in [1.29, 1.82) is 0 Å². The van der Waals surface area contributed by atoms with Crippen LogP contribution in [0.5, 0.6) is 5.75 Å². The lowest BCUT2D eigenvalue weighted by atomic mass is 9.70. The number of halogens is 6. The van der Waals surface area contributed by atoms with Gasteiger partial charge in [-0.05, 0) is 65.4 Å². The van der Waals surface area contributed by atoms with Gasteiger partial charge in [0.2, 0.25) is 5.91 Å². The molecule has 2 atom stereocenters. The van der Waals surface area contributed by atoms with Gasteiger partial charge in [-0.1, -0.05) is 24.3 Å². The molecule has 0 fully saturated rings. The van der Waals surface area contributed by atoms with E-state index >= 15 is 0 Å². The van der Waals surface area contributed by atoms with E-state index in [4.69, 9.17) is 4.74 Å². The summed E-state index contributed by atoms with van der Waals surface area (Å²) in [5.41, 5.74) is 0.764. The second-order valence-electron chi connectivity index (χ2n) is 10.3. The number of ether oxygens (including phenoxy) is 1. The summed E-state index contributed by atoms with van der Waals surface area (Å²) in [4.78, 5) is 19.8. The van der Waals surface area contributed by atoms with Crippen molar-refractivity contribution in [3.05, 3.63) is 89.4 Å². The number of alkyl halides is 4. The molecule has 0 radical (unpaired) electrons. The molecule has 1 amide bonds. The lowest BCUT2D eigenvalue weighted by Gasteiger charge is -2.41. The van der Waals surface area contributed by atoms with Gasteiger partial charge in [0, 0.05) is 19.7 Å². The maximum atomic E-state index is 14.8. The number of aromatic nitrogens is 2. The van der Waals surface area contributed by atoms with E-state index in [2.05, 4.69) is 4.98 Å². The Labute approximate surface area is 226 Å². The van der Waals surface area contributed by atoms with E-state index < -0.39 is 41.9 Å². The van der Waals surface area contributed by atoms with Crippen molar-refractivity contribution in [1.82, 2.24) is 9.55 Å². The number of benzene rings is 2. The predicted molar refractivity (Wildman–Crippen MR) is 137 cm³/mol. The van der Waals surface area contributed by atoms with Crippen LogP contribution in [0.4, 0.5) is 32.2 Å². The van der Waals surface area contributed by atoms with Crippen LogP contribution < -0.4 is 9.64 Å². The largest absolute Gasteiger partial charge is 0.484 e. The van der Waals surface area contributed by atoms with Crippen LogP contribution in [0.3, 0.4) is 0 Å². The predicted octanol–water partition coefficient (Wildman–Crippen LogP) is 7.04. The topological polar surface area (TPSA) is 47.4 Å². The fourth-order valence-corrected chi connectivity index (χ4v) is 5.25. The molecule has 1 aliphatic heterocycles. The van der Waals surface area contributed by atoms with Crippen molar-refractivity contribution < 1.29 is 35.9 Å². The minimum Gasteiger partial charge on any atom is -0.484 e. The van der Waals surface area contributed by atoms with Crippen LogP contribution in [0.2, 0.25) is 0 Å². The lowest BCUT2D eigenvalue weighted by molar-refractivity contribution is -0.153. The number of imidazole rings is 1. The Morgan fingerprint density at radius 1 is 1.12 bits per heavy atom. The van der Waals surface area contributed by atoms with E-state index in [0.717, 1.165) is 0 Å². The zero-order valence-electron chi connectivity index (χ0n) is 21.6. The van der Waals surface area contributed by atoms with Gasteiger partial charge in [-0.15, -0.1) is 0 Å². The standard InChI is InChI=1S/C29H25F6N3O2/c1-28(12-20-8-21(30)11-24(31)26(20)32)23-10-18(17-4-3-5-22(9-17)40-15-29(33,34)35)6-7-19(23)13-38(27(28)39)25-14-37(2)16-36-25/h3-7,9-11,14,16,21H,8,12-13,15H2,1-2H3. The van der Waals surface area contributed by atoms with Gasteiger partial charge in [0.1, 0.15) is 11.9 Å². The van der Waals surface area contributed by atoms with Gasteiger partial charge in [-0.3, -0.25) is 9.69 Å². The summed E-state index contributed by atoms with van der Waals surface area (Å²) in [5.74, 6) is -2.52. The van der Waals surface area contributed by atoms with Crippen LogP contribution >= 0.6 is 0 Å². The molecule has 40 heavy (non-hydrogen) atoms. The molecule has 5 rings (SSSR count). The van der Waals surface area contributed by atoms with Crippen LogP contribution in [-0.4, -0.2) is 34.4 Å². The molecular weight excluding hydrogens is 536 g/mol. The van der Waals surface area contributed by atoms with Gasteiger partial charge in [0.15, 0.2) is 24.1 Å². The SMILES string of the molecule is Cn1cnc(N2Cc3ccc(-c4cccc(OCC(F)(F)F)c4)cc3C(C)(CC3=C(F)C(F)=CC(F)C3)C2=O)c1. The molecule has 3 aromatic rings. The quantitative estimate of drug-likeness (QED) is 0.304. The zero-order chi connectivity index (χ0) is 28.8. The van der Waals surface area contributed by atoms with E-state index in [1.807, 2.05) is 0 Å². The second kappa shape index (κ2) is 10.2. The third-order valence-electron chi connectivity index (χ3n) is 7.14. The number of carbonyl (C=O) groups is 1. The van der Waals surface area contributed by atoms with E-state index in [1.165, 1.54) is 23.4 Å². The molecule has 2 heterocycles. The first-order chi connectivity index (χ1) is 18.8. The van der Waals surface area contributed by atoms with E-state index in [1.54, 1.807) is 55.1 Å². The third-order valence-corrected chi connectivity index (χ3v) is 7.14. The highest BCUT2D eigenvalue weighted by Crippen LogP contribution is 2.45. The number of allylic oxidation sites excluding steroid dienone is 4. The normalized spacial score (nSPS) is 21.4. The van der Waals surface area contributed by atoms with Gasteiger partial charge in [-0.25, -0.2) is 18.2 Å². The first-order valence-electron chi connectivity index (χ1n) is 12.5. The third kappa shape index (κ3) is 5.37. The molecule has 0 bridgehead atoms. The van der Waals surface area contributed by atoms with E-state index in [9.17, 15) is 31.1 Å². The molecule has 1 aliphatic carbocycles. The number of anilines is 1. The molecule has 0 saturated carbocycles. The number of carbonyl (C=O) groups excluding carboxylic acids is 1. The number of aryl methyl sites for hydroxylation is 1. The number of hydrogen-bond donors (Lipinski definition) is 0. The summed E-state index contributed by atoms with van der Waals surface area (Å²) in [6.07, 6.45) is -3.14. The van der Waals surface area contributed by atoms with Gasteiger partial charge < -0.3 is 9.30 Å². The Bertz CT molecular complexity index is 1530. The number of rotatable bonds is 6. The van der Waals surface area contributed by atoms with Crippen LogP contribution in [0.15, 0.2) is 78.3 Å². The minimum absolute atomic E-state index is 0.0124. The number of hydrogen-bond acceptors (Lipinski definition) is 3. The van der Waals surface area contributed by atoms with Crippen molar-refractivity contribution in [2.75, 3.05) is 11.5 Å². The lowest BCUT2D eigenvalue weighted by Crippen LogP contribution is -2.50. The number of nitrogens with zero attached hydrogens (tertiary/aromatic N) is 3. The molecule has 2 aromatic carbocycles. The van der Waals surface area contributed by atoms with Crippen molar-refractivity contribution in [2.45, 2.75) is 44.1 Å².